The summed E-state index contributed by atoms with van der Waals surface area (Å²) in [5, 5.41) is 13.2. The van der Waals surface area contributed by atoms with E-state index in [1.807, 2.05) is 24.3 Å². The van der Waals surface area contributed by atoms with Crippen molar-refractivity contribution in [2.24, 2.45) is 0 Å². The molecule has 0 saturated carbocycles. The Balaban J connectivity index is 1.80. The van der Waals surface area contributed by atoms with Crippen molar-refractivity contribution in [2.75, 3.05) is 43.6 Å². The number of hydrogen-bond donors (Lipinski definition) is 2. The summed E-state index contributed by atoms with van der Waals surface area (Å²) in [6.07, 6.45) is 3.82. The molecular formula is C18H26N4O2. The summed E-state index contributed by atoms with van der Waals surface area (Å²) in [7, 11) is 1.60. The number of piperidine rings is 1. The van der Waals surface area contributed by atoms with Gasteiger partial charge in [-0.1, -0.05) is 12.1 Å². The third-order valence-electron chi connectivity index (χ3n) is 4.34. The fourth-order valence-electron chi connectivity index (χ4n) is 3.07. The Morgan fingerprint density at radius 1 is 1.17 bits per heavy atom. The van der Waals surface area contributed by atoms with Gasteiger partial charge in [0.1, 0.15) is 0 Å². The summed E-state index contributed by atoms with van der Waals surface area (Å²) < 4.78 is 4.97. The molecule has 0 radical (unpaired) electrons. The first-order valence-electron chi connectivity index (χ1n) is 8.70. The van der Waals surface area contributed by atoms with E-state index >= 15 is 0 Å². The highest BCUT2D eigenvalue weighted by molar-refractivity contribution is 5.80. The lowest BCUT2D eigenvalue weighted by Crippen LogP contribution is -2.31. The van der Waals surface area contributed by atoms with Crippen LogP contribution in [0.5, 0.6) is 0 Å². The van der Waals surface area contributed by atoms with Gasteiger partial charge in [0, 0.05) is 26.7 Å². The van der Waals surface area contributed by atoms with Gasteiger partial charge < -0.3 is 20.1 Å². The number of methoxy groups -OCH3 is 1. The Bertz CT molecular complexity index is 659. The van der Waals surface area contributed by atoms with Crippen LogP contribution in [0, 0.1) is 0 Å². The molecule has 0 spiro atoms. The number of aliphatic hydroxyl groups excluding tert-OH is 1. The van der Waals surface area contributed by atoms with E-state index in [9.17, 15) is 5.11 Å². The lowest BCUT2D eigenvalue weighted by Gasteiger charge is -2.29. The second kappa shape index (κ2) is 8.26. The molecular weight excluding hydrogens is 304 g/mol. The Labute approximate surface area is 142 Å². The zero-order chi connectivity index (χ0) is 16.8. The first kappa shape index (κ1) is 16.9. The number of para-hydroxylation sites is 2. The molecule has 0 bridgehead atoms. The van der Waals surface area contributed by atoms with Gasteiger partial charge in [-0.2, -0.15) is 0 Å². The van der Waals surface area contributed by atoms with Crippen LogP contribution in [0.3, 0.4) is 0 Å². The smallest absolute Gasteiger partial charge is 0.172 e. The summed E-state index contributed by atoms with van der Waals surface area (Å²) in [6, 6.07) is 7.95. The predicted molar refractivity (Wildman–Crippen MR) is 96.6 cm³/mol. The van der Waals surface area contributed by atoms with Crippen LogP contribution in [0.15, 0.2) is 24.3 Å². The number of hydrogen-bond acceptors (Lipinski definition) is 6. The average Bonchev–Trinajstić information content (AvgIpc) is 2.62. The predicted octanol–water partition coefficient (Wildman–Crippen LogP) is 2.43. The lowest BCUT2D eigenvalue weighted by molar-refractivity contribution is 0.0615. The van der Waals surface area contributed by atoms with Crippen molar-refractivity contribution in [3.05, 3.63) is 24.3 Å². The zero-order valence-corrected chi connectivity index (χ0v) is 14.2. The normalized spacial score (nSPS) is 16.3. The summed E-state index contributed by atoms with van der Waals surface area (Å²) >= 11 is 0. The second-order valence-electron chi connectivity index (χ2n) is 6.26. The Hall–Kier alpha value is -1.92. The molecule has 1 aliphatic heterocycles. The van der Waals surface area contributed by atoms with Crippen molar-refractivity contribution in [2.45, 2.75) is 31.8 Å². The number of aliphatic hydroxyl groups is 1. The van der Waals surface area contributed by atoms with Crippen LogP contribution in [-0.2, 0) is 4.74 Å². The minimum absolute atomic E-state index is 0.351. The Kier molecular flexibility index (Phi) is 5.82. The zero-order valence-electron chi connectivity index (χ0n) is 14.2. The van der Waals surface area contributed by atoms with E-state index in [0.29, 0.717) is 19.6 Å². The van der Waals surface area contributed by atoms with E-state index in [4.69, 9.17) is 14.7 Å². The molecule has 0 aliphatic carbocycles. The van der Waals surface area contributed by atoms with Gasteiger partial charge in [-0.15, -0.1) is 0 Å². The van der Waals surface area contributed by atoms with E-state index < -0.39 is 6.10 Å². The Morgan fingerprint density at radius 2 is 1.88 bits per heavy atom. The molecule has 0 amide bonds. The molecule has 24 heavy (non-hydrogen) atoms. The maximum atomic E-state index is 9.81. The number of nitrogens with zero attached hydrogens (tertiary/aromatic N) is 3. The molecule has 2 aromatic rings. The summed E-state index contributed by atoms with van der Waals surface area (Å²) in [6.45, 7) is 3.03. The largest absolute Gasteiger partial charge is 0.391 e. The highest BCUT2D eigenvalue weighted by Gasteiger charge is 2.18. The molecule has 6 nitrogen and oxygen atoms in total. The van der Waals surface area contributed by atoms with Crippen molar-refractivity contribution in [3.63, 3.8) is 0 Å². The molecule has 1 aromatic heterocycles. The highest BCUT2D eigenvalue weighted by atomic mass is 16.5. The van der Waals surface area contributed by atoms with Crippen LogP contribution in [-0.4, -0.2) is 54.5 Å². The van der Waals surface area contributed by atoms with Gasteiger partial charge in [-0.3, -0.25) is 0 Å². The fourth-order valence-corrected chi connectivity index (χ4v) is 3.07. The molecule has 1 atom stereocenters. The molecule has 1 unspecified atom stereocenters. The van der Waals surface area contributed by atoms with Gasteiger partial charge >= 0.3 is 0 Å². The van der Waals surface area contributed by atoms with Gasteiger partial charge in [-0.05, 0) is 37.8 Å². The van der Waals surface area contributed by atoms with Crippen LogP contribution >= 0.6 is 0 Å². The van der Waals surface area contributed by atoms with Gasteiger partial charge in [0.2, 0.25) is 0 Å². The molecule has 1 aliphatic rings. The van der Waals surface area contributed by atoms with Gasteiger partial charge in [0.25, 0.3) is 0 Å². The van der Waals surface area contributed by atoms with Crippen molar-refractivity contribution in [1.29, 1.82) is 0 Å². The lowest BCUT2D eigenvalue weighted by atomic mass is 10.1. The maximum absolute atomic E-state index is 9.81. The number of anilines is 2. The second-order valence-corrected chi connectivity index (χ2v) is 6.26. The summed E-state index contributed by atoms with van der Waals surface area (Å²) in [5.41, 5.74) is 1.81. The summed E-state index contributed by atoms with van der Waals surface area (Å²) in [5.74, 6) is 1.73. The van der Waals surface area contributed by atoms with Crippen LogP contribution in [0.1, 0.15) is 25.7 Å². The van der Waals surface area contributed by atoms with Crippen LogP contribution < -0.4 is 10.2 Å². The topological polar surface area (TPSA) is 70.5 Å². The number of aromatic nitrogens is 2. The standard InChI is InChI=1S/C18H26N4O2/c1-24-13-14(23)9-10-19-17-18(22-11-5-2-6-12-22)21-16-8-4-3-7-15(16)20-17/h3-4,7-8,14,23H,2,5-6,9-13H2,1H3,(H,19,20). The van der Waals surface area contributed by atoms with Crippen LogP contribution in [0.25, 0.3) is 11.0 Å². The third-order valence-corrected chi connectivity index (χ3v) is 4.34. The number of benzene rings is 1. The third kappa shape index (κ3) is 4.13. The van der Waals surface area contributed by atoms with Crippen molar-refractivity contribution in [1.82, 2.24) is 9.97 Å². The average molecular weight is 330 g/mol. The van der Waals surface area contributed by atoms with Crippen molar-refractivity contribution in [3.8, 4) is 0 Å². The molecule has 130 valence electrons. The first-order chi connectivity index (χ1) is 11.8. The summed E-state index contributed by atoms with van der Waals surface area (Å²) in [4.78, 5) is 11.9. The highest BCUT2D eigenvalue weighted by Crippen LogP contribution is 2.27. The number of rotatable bonds is 7. The number of ether oxygens (including phenoxy) is 1. The molecule has 1 fully saturated rings. The molecule has 2 heterocycles. The molecule has 1 aromatic carbocycles. The first-order valence-corrected chi connectivity index (χ1v) is 8.70. The van der Waals surface area contributed by atoms with E-state index in [1.165, 1.54) is 19.3 Å². The van der Waals surface area contributed by atoms with Crippen molar-refractivity contribution < 1.29 is 9.84 Å². The maximum Gasteiger partial charge on any atom is 0.172 e. The SMILES string of the molecule is COCC(O)CCNc1nc2ccccc2nc1N1CCCCC1. The van der Waals surface area contributed by atoms with Gasteiger partial charge in [0.05, 0.1) is 23.7 Å². The minimum Gasteiger partial charge on any atom is -0.391 e. The minimum atomic E-state index is -0.464. The number of fused-ring (bicyclic) bond motifs is 1. The van der Waals surface area contributed by atoms with E-state index in [-0.39, 0.29) is 0 Å². The Morgan fingerprint density at radius 3 is 2.58 bits per heavy atom. The monoisotopic (exact) mass is 330 g/mol. The van der Waals surface area contributed by atoms with E-state index in [0.717, 1.165) is 35.8 Å². The molecule has 1 saturated heterocycles. The van der Waals surface area contributed by atoms with Crippen LogP contribution in [0.4, 0.5) is 11.6 Å². The van der Waals surface area contributed by atoms with E-state index in [2.05, 4.69) is 10.2 Å². The molecule has 6 heteroatoms. The van der Waals surface area contributed by atoms with E-state index in [1.54, 1.807) is 7.11 Å². The van der Waals surface area contributed by atoms with Crippen molar-refractivity contribution >= 4 is 22.7 Å². The quantitative estimate of drug-likeness (QED) is 0.812. The molecule has 2 N–H and O–H groups in total. The fraction of sp³-hybridized carbons (Fsp3) is 0.556. The van der Waals surface area contributed by atoms with Crippen LogP contribution in [0.2, 0.25) is 0 Å². The number of nitrogens with one attached hydrogen (secondary N) is 1. The van der Waals surface area contributed by atoms with Gasteiger partial charge in [-0.25, -0.2) is 9.97 Å². The van der Waals surface area contributed by atoms with Gasteiger partial charge in [0.15, 0.2) is 11.6 Å². The molecule has 3 rings (SSSR count).